The van der Waals surface area contributed by atoms with E-state index in [0.29, 0.717) is 16.6 Å². The highest BCUT2D eigenvalue weighted by molar-refractivity contribution is 6.52. The number of nitrogens with zero attached hydrogens (tertiary/aromatic N) is 1. The van der Waals surface area contributed by atoms with Crippen LogP contribution in [0.4, 0.5) is 0 Å². The fourth-order valence-electron chi connectivity index (χ4n) is 3.77. The van der Waals surface area contributed by atoms with E-state index in [-0.39, 0.29) is 5.78 Å². The Labute approximate surface area is 148 Å². The predicted octanol–water partition coefficient (Wildman–Crippen LogP) is 4.77. The molecule has 3 aromatic carbocycles. The van der Waals surface area contributed by atoms with Gasteiger partial charge in [-0.05, 0) is 17.7 Å². The zero-order chi connectivity index (χ0) is 17.2. The summed E-state index contributed by atoms with van der Waals surface area (Å²) in [5.74, 6) is -0.790. The fraction of sp³-hybridized carbons (Fsp3) is 0.0476. The van der Waals surface area contributed by atoms with Crippen LogP contribution in [-0.4, -0.2) is 16.3 Å². The van der Waals surface area contributed by atoms with Crippen molar-refractivity contribution in [2.24, 2.45) is 0 Å². The van der Waals surface area contributed by atoms with Crippen LogP contribution in [0.25, 0.3) is 21.8 Å². The molecule has 1 aliphatic rings. The summed E-state index contributed by atoms with van der Waals surface area (Å²) >= 11 is 6.75. The van der Waals surface area contributed by atoms with Crippen molar-refractivity contribution in [1.82, 2.24) is 4.57 Å². The van der Waals surface area contributed by atoms with E-state index in [9.17, 15) is 9.59 Å². The minimum absolute atomic E-state index is 0.369. The standard InChI is InChI=1S/C21H12ClNO2/c22-21(13-7-2-1-3-8-13)19(24)16-11-6-10-15-14-9-4-5-12-17(14)23(18(15)16)20(21)25/h1-12H/t21-/m1/s1. The first-order chi connectivity index (χ1) is 12.1. The largest absolute Gasteiger partial charge is 0.291 e. The molecule has 0 saturated heterocycles. The van der Waals surface area contributed by atoms with Gasteiger partial charge in [0.05, 0.1) is 11.0 Å². The lowest BCUT2D eigenvalue weighted by Gasteiger charge is -2.30. The van der Waals surface area contributed by atoms with Gasteiger partial charge in [-0.3, -0.25) is 14.2 Å². The summed E-state index contributed by atoms with van der Waals surface area (Å²) in [5.41, 5.74) is 2.38. The molecule has 0 spiro atoms. The summed E-state index contributed by atoms with van der Waals surface area (Å²) in [7, 11) is 0. The molecule has 0 saturated carbocycles. The number of hydrogen-bond donors (Lipinski definition) is 0. The van der Waals surface area contributed by atoms with Crippen molar-refractivity contribution in [3.8, 4) is 0 Å². The Morgan fingerprint density at radius 2 is 1.44 bits per heavy atom. The van der Waals surface area contributed by atoms with Crippen molar-refractivity contribution >= 4 is 45.1 Å². The molecule has 0 fully saturated rings. The molecule has 4 heteroatoms. The molecule has 0 aliphatic carbocycles. The smallest absolute Gasteiger partial charge is 0.265 e. The molecule has 1 atom stereocenters. The SMILES string of the molecule is O=C1c2cccc3c4ccccc4n(c23)C(=O)[C@@]1(Cl)c1ccccc1. The van der Waals surface area contributed by atoms with E-state index < -0.39 is 10.8 Å². The number of fused-ring (bicyclic) bond motifs is 3. The summed E-state index contributed by atoms with van der Waals surface area (Å²) in [6.07, 6.45) is 0. The van der Waals surface area contributed by atoms with Crippen molar-refractivity contribution in [2.75, 3.05) is 0 Å². The van der Waals surface area contributed by atoms with Crippen LogP contribution in [0.15, 0.2) is 72.8 Å². The van der Waals surface area contributed by atoms with Crippen molar-refractivity contribution in [3.05, 3.63) is 83.9 Å². The highest BCUT2D eigenvalue weighted by Crippen LogP contribution is 2.44. The van der Waals surface area contributed by atoms with E-state index in [0.717, 1.165) is 16.3 Å². The number of halogens is 1. The summed E-state index contributed by atoms with van der Waals surface area (Å²) in [6.45, 7) is 0. The van der Waals surface area contributed by atoms with E-state index in [1.165, 1.54) is 0 Å². The molecule has 0 amide bonds. The third-order valence-corrected chi connectivity index (χ3v) is 5.47. The Kier molecular flexibility index (Phi) is 2.77. The van der Waals surface area contributed by atoms with Crippen LogP contribution in [0.1, 0.15) is 20.7 Å². The normalized spacial score (nSPS) is 19.7. The van der Waals surface area contributed by atoms with E-state index in [2.05, 4.69) is 0 Å². The summed E-state index contributed by atoms with van der Waals surface area (Å²) < 4.78 is 1.60. The van der Waals surface area contributed by atoms with Gasteiger partial charge in [0.25, 0.3) is 5.91 Å². The van der Waals surface area contributed by atoms with Crippen molar-refractivity contribution in [1.29, 1.82) is 0 Å². The molecule has 120 valence electrons. The van der Waals surface area contributed by atoms with Crippen LogP contribution in [0.5, 0.6) is 0 Å². The Morgan fingerprint density at radius 3 is 2.24 bits per heavy atom. The molecule has 2 heterocycles. The Balaban J connectivity index is 1.96. The predicted molar refractivity (Wildman–Crippen MR) is 98.4 cm³/mol. The Bertz CT molecular complexity index is 1190. The summed E-state index contributed by atoms with van der Waals surface area (Å²) in [4.78, 5) is 24.9. The van der Waals surface area contributed by atoms with Crippen molar-refractivity contribution in [2.45, 2.75) is 4.87 Å². The van der Waals surface area contributed by atoms with Crippen LogP contribution in [-0.2, 0) is 4.87 Å². The lowest BCUT2D eigenvalue weighted by Crippen LogP contribution is -2.45. The maximum Gasteiger partial charge on any atom is 0.265 e. The first-order valence-corrected chi connectivity index (χ1v) is 8.38. The van der Waals surface area contributed by atoms with Crippen molar-refractivity contribution < 1.29 is 9.59 Å². The van der Waals surface area contributed by atoms with Crippen LogP contribution in [0.3, 0.4) is 0 Å². The molecule has 1 aromatic heterocycles. The lowest BCUT2D eigenvalue weighted by molar-refractivity contribution is 0.0773. The van der Waals surface area contributed by atoms with E-state index in [4.69, 9.17) is 11.6 Å². The topological polar surface area (TPSA) is 39.1 Å². The number of benzene rings is 3. The number of ketones is 1. The second-order valence-electron chi connectivity index (χ2n) is 6.21. The van der Waals surface area contributed by atoms with Crippen LogP contribution >= 0.6 is 11.6 Å². The molecule has 4 aromatic rings. The zero-order valence-electron chi connectivity index (χ0n) is 13.1. The van der Waals surface area contributed by atoms with Gasteiger partial charge in [0.15, 0.2) is 5.78 Å². The molecule has 0 unspecified atom stereocenters. The number of aromatic nitrogens is 1. The second-order valence-corrected chi connectivity index (χ2v) is 6.78. The molecule has 25 heavy (non-hydrogen) atoms. The van der Waals surface area contributed by atoms with Crippen LogP contribution < -0.4 is 0 Å². The van der Waals surface area contributed by atoms with Gasteiger partial charge < -0.3 is 0 Å². The maximum absolute atomic E-state index is 13.4. The first-order valence-electron chi connectivity index (χ1n) is 8.00. The summed E-state index contributed by atoms with van der Waals surface area (Å²) in [5, 5.41) is 1.83. The Morgan fingerprint density at radius 1 is 0.760 bits per heavy atom. The van der Waals surface area contributed by atoms with Gasteiger partial charge in [-0.25, -0.2) is 0 Å². The number of carbonyl (C=O) groups is 2. The average molecular weight is 346 g/mol. The quantitative estimate of drug-likeness (QED) is 0.368. The van der Waals surface area contributed by atoms with Crippen LogP contribution in [0, 0.1) is 0 Å². The molecular formula is C21H12ClNO2. The first kappa shape index (κ1) is 14.4. The number of hydrogen-bond acceptors (Lipinski definition) is 2. The molecule has 5 rings (SSSR count). The van der Waals surface area contributed by atoms with E-state index >= 15 is 0 Å². The van der Waals surface area contributed by atoms with Crippen molar-refractivity contribution in [3.63, 3.8) is 0 Å². The number of para-hydroxylation sites is 2. The third-order valence-electron chi connectivity index (χ3n) is 4.92. The van der Waals surface area contributed by atoms with E-state index in [1.54, 1.807) is 34.9 Å². The monoisotopic (exact) mass is 345 g/mol. The van der Waals surface area contributed by atoms with Gasteiger partial charge >= 0.3 is 0 Å². The highest BCUT2D eigenvalue weighted by atomic mass is 35.5. The van der Waals surface area contributed by atoms with Gasteiger partial charge in [0.2, 0.25) is 4.87 Å². The van der Waals surface area contributed by atoms with Gasteiger partial charge in [-0.15, -0.1) is 0 Å². The molecule has 0 radical (unpaired) electrons. The zero-order valence-corrected chi connectivity index (χ0v) is 13.8. The van der Waals surface area contributed by atoms with Gasteiger partial charge in [0, 0.05) is 16.3 Å². The van der Waals surface area contributed by atoms with Gasteiger partial charge in [0.1, 0.15) is 0 Å². The van der Waals surface area contributed by atoms with Gasteiger partial charge in [-0.2, -0.15) is 0 Å². The molecule has 0 N–H and O–H groups in total. The van der Waals surface area contributed by atoms with Gasteiger partial charge in [-0.1, -0.05) is 72.3 Å². The molecule has 0 bridgehead atoms. The summed E-state index contributed by atoms with van der Waals surface area (Å²) in [6, 6.07) is 22.0. The van der Waals surface area contributed by atoms with E-state index in [1.807, 2.05) is 42.5 Å². The number of alkyl halides is 1. The fourth-order valence-corrected chi connectivity index (χ4v) is 4.08. The molecular weight excluding hydrogens is 334 g/mol. The third kappa shape index (κ3) is 1.66. The lowest BCUT2D eigenvalue weighted by atomic mass is 9.85. The second kappa shape index (κ2) is 4.80. The molecule has 1 aliphatic heterocycles. The van der Waals surface area contributed by atoms with Crippen LogP contribution in [0.2, 0.25) is 0 Å². The highest BCUT2D eigenvalue weighted by Gasteiger charge is 2.51. The maximum atomic E-state index is 13.4. The number of carbonyl (C=O) groups excluding carboxylic acids is 2. The number of rotatable bonds is 1. The number of Topliss-reactive ketones (excluding diaryl/α,β-unsaturated/α-hetero) is 1. The average Bonchev–Trinajstić information content (AvgIpc) is 3.00. The minimum Gasteiger partial charge on any atom is -0.291 e. The Hall–Kier alpha value is -2.91. The minimum atomic E-state index is -1.75. The molecule has 3 nitrogen and oxygen atoms in total.